The van der Waals surface area contributed by atoms with Crippen molar-refractivity contribution in [3.8, 4) is 0 Å². The molecule has 1 saturated heterocycles. The molecule has 1 fully saturated rings. The maximum absolute atomic E-state index is 12.7. The number of aromatic nitrogens is 1. The Kier molecular flexibility index (Phi) is 5.40. The zero-order valence-corrected chi connectivity index (χ0v) is 15.5. The molecule has 0 aliphatic carbocycles. The molecule has 1 aliphatic heterocycles. The normalized spacial score (nSPS) is 18.1. The molecule has 1 atom stereocenters. The molecule has 0 bridgehead atoms. The van der Waals surface area contributed by atoms with Crippen molar-refractivity contribution in [2.24, 2.45) is 0 Å². The highest BCUT2D eigenvalue weighted by atomic mass is 16.5. The van der Waals surface area contributed by atoms with Crippen molar-refractivity contribution in [1.29, 1.82) is 0 Å². The molecular weight excluding hydrogens is 330 g/mol. The van der Waals surface area contributed by atoms with Gasteiger partial charge in [0.15, 0.2) is 5.76 Å². The van der Waals surface area contributed by atoms with Crippen LogP contribution < -0.4 is 0 Å². The number of nitrogens with zero attached hydrogens (tertiary/aromatic N) is 3. The lowest BCUT2D eigenvalue weighted by Crippen LogP contribution is -2.58. The van der Waals surface area contributed by atoms with Gasteiger partial charge < -0.3 is 14.3 Å². The fraction of sp³-hybridized carbons (Fsp3) is 0.450. The maximum Gasteiger partial charge on any atom is 0.245 e. The Hall–Kier alpha value is -2.63. The van der Waals surface area contributed by atoms with Crippen LogP contribution in [-0.2, 0) is 22.6 Å². The average molecular weight is 355 g/mol. The van der Waals surface area contributed by atoms with E-state index in [1.165, 1.54) is 0 Å². The highest BCUT2D eigenvalue weighted by Gasteiger charge is 2.36. The van der Waals surface area contributed by atoms with Crippen LogP contribution in [0.15, 0.2) is 40.9 Å². The Morgan fingerprint density at radius 3 is 2.62 bits per heavy atom. The summed E-state index contributed by atoms with van der Waals surface area (Å²) < 4.78 is 5.32. The maximum atomic E-state index is 12.7. The van der Waals surface area contributed by atoms with Gasteiger partial charge in [0.1, 0.15) is 6.04 Å². The summed E-state index contributed by atoms with van der Waals surface area (Å²) in [5, 5.41) is 4.02. The smallest absolute Gasteiger partial charge is 0.245 e. The minimum absolute atomic E-state index is 0.0240. The van der Waals surface area contributed by atoms with Gasteiger partial charge in [-0.05, 0) is 24.8 Å². The summed E-state index contributed by atoms with van der Waals surface area (Å²) >= 11 is 0. The van der Waals surface area contributed by atoms with Crippen LogP contribution in [0.4, 0.5) is 0 Å². The molecule has 1 aliphatic rings. The highest BCUT2D eigenvalue weighted by molar-refractivity contribution is 5.94. The summed E-state index contributed by atoms with van der Waals surface area (Å²) in [6.45, 7) is 6.77. The summed E-state index contributed by atoms with van der Waals surface area (Å²) in [7, 11) is 0. The van der Waals surface area contributed by atoms with Gasteiger partial charge >= 0.3 is 0 Å². The molecule has 26 heavy (non-hydrogen) atoms. The topological polar surface area (TPSA) is 66.7 Å². The third-order valence-corrected chi connectivity index (χ3v) is 4.79. The summed E-state index contributed by atoms with van der Waals surface area (Å²) in [6.07, 6.45) is 0.742. The monoisotopic (exact) mass is 355 g/mol. The molecule has 2 aromatic rings. The summed E-state index contributed by atoms with van der Waals surface area (Å²) in [6, 6.07) is 11.3. The van der Waals surface area contributed by atoms with E-state index in [-0.39, 0.29) is 30.8 Å². The largest absolute Gasteiger partial charge is 0.359 e. The van der Waals surface area contributed by atoms with Crippen molar-refractivity contribution in [1.82, 2.24) is 15.0 Å². The molecule has 6 heteroatoms. The van der Waals surface area contributed by atoms with Crippen molar-refractivity contribution < 1.29 is 14.1 Å². The van der Waals surface area contributed by atoms with E-state index in [9.17, 15) is 9.59 Å². The third-order valence-electron chi connectivity index (χ3n) is 4.79. The van der Waals surface area contributed by atoms with Gasteiger partial charge in [0.05, 0.1) is 18.8 Å². The summed E-state index contributed by atoms with van der Waals surface area (Å²) in [5.74, 6) is 0.785. The molecule has 1 aromatic carbocycles. The van der Waals surface area contributed by atoms with E-state index >= 15 is 0 Å². The second kappa shape index (κ2) is 7.72. The molecule has 138 valence electrons. The van der Waals surface area contributed by atoms with E-state index < -0.39 is 6.04 Å². The van der Waals surface area contributed by atoms with E-state index in [2.05, 4.69) is 5.16 Å². The molecule has 2 amide bonds. The number of piperazine rings is 1. The Balaban J connectivity index is 1.63. The van der Waals surface area contributed by atoms with Gasteiger partial charge in [0.2, 0.25) is 11.8 Å². The zero-order chi connectivity index (χ0) is 18.7. The number of carbonyl (C=O) groups is 2. The molecule has 0 spiro atoms. The minimum Gasteiger partial charge on any atom is -0.359 e. The zero-order valence-electron chi connectivity index (χ0n) is 15.5. The van der Waals surface area contributed by atoms with Crippen LogP contribution in [0.1, 0.15) is 43.7 Å². The first-order valence-electron chi connectivity index (χ1n) is 9.03. The van der Waals surface area contributed by atoms with E-state index in [1.54, 1.807) is 16.7 Å². The van der Waals surface area contributed by atoms with Crippen LogP contribution >= 0.6 is 0 Å². The molecular formula is C20H25N3O3. The quantitative estimate of drug-likeness (QED) is 0.799. The van der Waals surface area contributed by atoms with Gasteiger partial charge in [-0.2, -0.15) is 0 Å². The lowest BCUT2D eigenvalue weighted by molar-refractivity contribution is -0.155. The van der Waals surface area contributed by atoms with Crippen LogP contribution in [0.3, 0.4) is 0 Å². The van der Waals surface area contributed by atoms with E-state index in [0.717, 1.165) is 17.7 Å². The SMILES string of the molecule is CC(C)c1cc(CN2C(=O)CN(CCc3ccccc3)C(=O)[C@@H]2C)on1. The van der Waals surface area contributed by atoms with E-state index in [0.29, 0.717) is 12.3 Å². The van der Waals surface area contributed by atoms with Gasteiger partial charge in [-0.3, -0.25) is 9.59 Å². The molecule has 1 aromatic heterocycles. The second-order valence-electron chi connectivity index (χ2n) is 7.07. The van der Waals surface area contributed by atoms with E-state index in [1.807, 2.05) is 50.2 Å². The molecule has 0 radical (unpaired) electrons. The van der Waals surface area contributed by atoms with Gasteiger partial charge in [0, 0.05) is 12.6 Å². The number of amides is 2. The first kappa shape index (κ1) is 18.2. The lowest BCUT2D eigenvalue weighted by Gasteiger charge is -2.38. The van der Waals surface area contributed by atoms with Crippen LogP contribution in [-0.4, -0.2) is 45.9 Å². The highest BCUT2D eigenvalue weighted by Crippen LogP contribution is 2.19. The van der Waals surface area contributed by atoms with Crippen molar-refractivity contribution >= 4 is 11.8 Å². The van der Waals surface area contributed by atoms with Crippen molar-refractivity contribution in [3.05, 3.63) is 53.4 Å². The summed E-state index contributed by atoms with van der Waals surface area (Å²) in [4.78, 5) is 28.5. The second-order valence-corrected chi connectivity index (χ2v) is 7.07. The van der Waals surface area contributed by atoms with Crippen LogP contribution in [0.2, 0.25) is 0 Å². The standard InChI is InChI=1S/C20H25N3O3/c1-14(2)18-11-17(26-21-18)12-23-15(3)20(25)22(13-19(23)24)10-9-16-7-5-4-6-8-16/h4-8,11,14-15H,9-10,12-13H2,1-3H3/t15-/m0/s1. The first-order chi connectivity index (χ1) is 12.5. The average Bonchev–Trinajstić information content (AvgIpc) is 3.10. The van der Waals surface area contributed by atoms with Crippen LogP contribution in [0.5, 0.6) is 0 Å². The third kappa shape index (κ3) is 3.95. The Morgan fingerprint density at radius 1 is 1.23 bits per heavy atom. The minimum atomic E-state index is -0.500. The molecule has 6 nitrogen and oxygen atoms in total. The molecule has 3 rings (SSSR count). The van der Waals surface area contributed by atoms with Gasteiger partial charge in [-0.15, -0.1) is 0 Å². The Morgan fingerprint density at radius 2 is 1.96 bits per heavy atom. The van der Waals surface area contributed by atoms with Crippen LogP contribution in [0.25, 0.3) is 0 Å². The van der Waals surface area contributed by atoms with Crippen molar-refractivity contribution in [2.75, 3.05) is 13.1 Å². The number of benzene rings is 1. The lowest BCUT2D eigenvalue weighted by atomic mass is 10.1. The van der Waals surface area contributed by atoms with Gasteiger partial charge in [-0.25, -0.2) is 0 Å². The molecule has 2 heterocycles. The first-order valence-corrected chi connectivity index (χ1v) is 9.03. The molecule has 0 N–H and O–H groups in total. The fourth-order valence-corrected chi connectivity index (χ4v) is 3.11. The van der Waals surface area contributed by atoms with Gasteiger partial charge in [-0.1, -0.05) is 49.3 Å². The van der Waals surface area contributed by atoms with Gasteiger partial charge in [0.25, 0.3) is 0 Å². The number of hydrogen-bond acceptors (Lipinski definition) is 4. The van der Waals surface area contributed by atoms with E-state index in [4.69, 9.17) is 4.52 Å². The number of rotatable bonds is 6. The van der Waals surface area contributed by atoms with Crippen LogP contribution in [0, 0.1) is 0 Å². The van der Waals surface area contributed by atoms with Crippen molar-refractivity contribution in [3.63, 3.8) is 0 Å². The molecule has 0 saturated carbocycles. The predicted molar refractivity (Wildman–Crippen MR) is 97.3 cm³/mol. The predicted octanol–water partition coefficient (Wildman–Crippen LogP) is 2.60. The Labute approximate surface area is 153 Å². The Bertz CT molecular complexity index is 770. The molecule has 0 unspecified atom stereocenters. The number of hydrogen-bond donors (Lipinski definition) is 0. The van der Waals surface area contributed by atoms with Crippen molar-refractivity contribution in [2.45, 2.75) is 45.7 Å². The number of carbonyl (C=O) groups excluding carboxylic acids is 2. The summed E-state index contributed by atoms with van der Waals surface area (Å²) in [5.41, 5.74) is 2.01. The fourth-order valence-electron chi connectivity index (χ4n) is 3.11.